The second-order valence-corrected chi connectivity index (χ2v) is 6.32. The zero-order valence-corrected chi connectivity index (χ0v) is 16.1. The monoisotopic (exact) mass is 433 g/mol. The fourth-order valence-corrected chi connectivity index (χ4v) is 2.24. The number of rotatable bonds is 15. The minimum absolute atomic E-state index is 0.240. The summed E-state index contributed by atoms with van der Waals surface area (Å²) < 4.78 is 0. The van der Waals surface area contributed by atoms with Crippen LogP contribution >= 0.6 is 0 Å². The zero-order valence-electron chi connectivity index (χ0n) is 16.1. The number of carbonyl (C=O) groups is 6. The highest BCUT2D eigenvalue weighted by Crippen LogP contribution is 2.02. The Bertz CT molecular complexity index is 655. The number of unbranched alkanes of at least 4 members (excludes halogenated alkanes) is 1. The van der Waals surface area contributed by atoms with Crippen molar-refractivity contribution >= 4 is 35.6 Å². The van der Waals surface area contributed by atoms with E-state index < -0.39 is 73.1 Å². The Morgan fingerprint density at radius 3 is 1.70 bits per heavy atom. The van der Waals surface area contributed by atoms with Crippen LogP contribution in [0, 0.1) is 0 Å². The molecule has 0 saturated heterocycles. The van der Waals surface area contributed by atoms with E-state index in [0.717, 1.165) is 0 Å². The van der Waals surface area contributed by atoms with Gasteiger partial charge < -0.3 is 42.7 Å². The van der Waals surface area contributed by atoms with Crippen LogP contribution in [0.4, 0.5) is 0 Å². The lowest BCUT2D eigenvalue weighted by atomic mass is 10.1. The van der Waals surface area contributed by atoms with Crippen LogP contribution in [0.1, 0.15) is 32.1 Å². The molecule has 0 aliphatic heterocycles. The van der Waals surface area contributed by atoms with Crippen molar-refractivity contribution in [2.24, 2.45) is 11.5 Å². The second kappa shape index (κ2) is 13.8. The van der Waals surface area contributed by atoms with Crippen molar-refractivity contribution in [3.05, 3.63) is 0 Å². The van der Waals surface area contributed by atoms with Gasteiger partial charge in [-0.15, -0.1) is 0 Å². The van der Waals surface area contributed by atoms with Gasteiger partial charge in [0, 0.05) is 0 Å². The van der Waals surface area contributed by atoms with Crippen LogP contribution in [0.25, 0.3) is 0 Å². The van der Waals surface area contributed by atoms with Crippen LogP contribution in [-0.4, -0.2) is 82.2 Å². The standard InChI is InChI=1S/C16H27N5O9/c17-4-2-1-3-8(18)14(28)20-10(6-12(24)25)16(30)21-9(5-11(22)23)15(29)19-7-13(26)27/h8-10H,1-7,17-18H2,(H,19,29)(H,20,28)(H,21,30)(H,22,23)(H,24,25)(H,26,27)/t8-,9-,10-/m0/s1. The Morgan fingerprint density at radius 1 is 0.733 bits per heavy atom. The first-order valence-corrected chi connectivity index (χ1v) is 8.97. The Balaban J connectivity index is 5.19. The summed E-state index contributed by atoms with van der Waals surface area (Å²) in [5.74, 6) is -7.38. The highest BCUT2D eigenvalue weighted by atomic mass is 16.4. The van der Waals surface area contributed by atoms with Gasteiger partial charge in [-0.1, -0.05) is 6.42 Å². The van der Waals surface area contributed by atoms with E-state index in [0.29, 0.717) is 19.4 Å². The number of carbonyl (C=O) groups excluding carboxylic acids is 3. The number of hydrogen-bond acceptors (Lipinski definition) is 8. The molecule has 0 bridgehead atoms. The highest BCUT2D eigenvalue weighted by molar-refractivity contribution is 5.96. The predicted molar refractivity (Wildman–Crippen MR) is 99.9 cm³/mol. The highest BCUT2D eigenvalue weighted by Gasteiger charge is 2.30. The normalized spacial score (nSPS) is 13.4. The summed E-state index contributed by atoms with van der Waals surface area (Å²) in [5.41, 5.74) is 11.0. The first kappa shape index (κ1) is 26.7. The molecule has 14 heteroatoms. The van der Waals surface area contributed by atoms with Crippen LogP contribution in [0.5, 0.6) is 0 Å². The number of amides is 3. The Kier molecular flexibility index (Phi) is 12.3. The summed E-state index contributed by atoms with van der Waals surface area (Å²) in [7, 11) is 0. The number of nitrogens with one attached hydrogen (secondary N) is 3. The van der Waals surface area contributed by atoms with Crippen LogP contribution < -0.4 is 27.4 Å². The number of aliphatic carboxylic acids is 3. The van der Waals surface area contributed by atoms with Crippen molar-refractivity contribution < 1.29 is 44.1 Å². The molecule has 10 N–H and O–H groups in total. The molecule has 0 heterocycles. The third-order valence-corrected chi connectivity index (χ3v) is 3.74. The molecule has 0 aliphatic rings. The van der Waals surface area contributed by atoms with E-state index in [1.807, 2.05) is 10.6 Å². The maximum Gasteiger partial charge on any atom is 0.322 e. The molecule has 0 aromatic rings. The van der Waals surface area contributed by atoms with Gasteiger partial charge in [-0.2, -0.15) is 0 Å². The summed E-state index contributed by atoms with van der Waals surface area (Å²) in [6, 6.07) is -4.37. The molecule has 3 amide bonds. The average molecular weight is 433 g/mol. The van der Waals surface area contributed by atoms with E-state index in [2.05, 4.69) is 5.32 Å². The molecule has 170 valence electrons. The summed E-state index contributed by atoms with van der Waals surface area (Å²) in [5, 5.41) is 32.5. The van der Waals surface area contributed by atoms with Gasteiger partial charge in [0.1, 0.15) is 18.6 Å². The molecular weight excluding hydrogens is 406 g/mol. The van der Waals surface area contributed by atoms with Gasteiger partial charge in [-0.3, -0.25) is 28.8 Å². The summed E-state index contributed by atoms with van der Waals surface area (Å²) >= 11 is 0. The minimum atomic E-state index is -1.69. The molecular formula is C16H27N5O9. The zero-order chi connectivity index (χ0) is 23.3. The van der Waals surface area contributed by atoms with E-state index in [9.17, 15) is 28.8 Å². The topological polar surface area (TPSA) is 251 Å². The van der Waals surface area contributed by atoms with E-state index in [1.54, 1.807) is 0 Å². The third-order valence-electron chi connectivity index (χ3n) is 3.74. The van der Waals surface area contributed by atoms with Crippen molar-refractivity contribution in [1.29, 1.82) is 0 Å². The lowest BCUT2D eigenvalue weighted by Crippen LogP contribution is -2.56. The van der Waals surface area contributed by atoms with Crippen molar-refractivity contribution in [2.75, 3.05) is 13.1 Å². The molecule has 0 rings (SSSR count). The number of carboxylic acid groups (broad SMARTS) is 3. The molecule has 0 unspecified atom stereocenters. The largest absolute Gasteiger partial charge is 0.481 e. The maximum atomic E-state index is 12.4. The molecule has 0 aromatic heterocycles. The maximum absolute atomic E-state index is 12.4. The summed E-state index contributed by atoms with van der Waals surface area (Å²) in [6.45, 7) is -0.426. The molecule has 0 aliphatic carbocycles. The first-order chi connectivity index (χ1) is 14.0. The lowest BCUT2D eigenvalue weighted by Gasteiger charge is -2.22. The van der Waals surface area contributed by atoms with Crippen molar-refractivity contribution in [1.82, 2.24) is 16.0 Å². The van der Waals surface area contributed by atoms with Crippen LogP contribution in [-0.2, 0) is 28.8 Å². The van der Waals surface area contributed by atoms with Gasteiger partial charge >= 0.3 is 17.9 Å². The van der Waals surface area contributed by atoms with E-state index in [4.69, 9.17) is 26.8 Å². The van der Waals surface area contributed by atoms with E-state index in [1.165, 1.54) is 0 Å². The van der Waals surface area contributed by atoms with Gasteiger partial charge in [0.15, 0.2) is 0 Å². The van der Waals surface area contributed by atoms with Crippen LogP contribution in [0.3, 0.4) is 0 Å². The minimum Gasteiger partial charge on any atom is -0.481 e. The second-order valence-electron chi connectivity index (χ2n) is 6.32. The molecule has 0 saturated carbocycles. The Labute approximate surface area is 171 Å². The Morgan fingerprint density at radius 2 is 1.23 bits per heavy atom. The number of hydrogen-bond donors (Lipinski definition) is 8. The molecule has 0 aromatic carbocycles. The molecule has 0 spiro atoms. The summed E-state index contributed by atoms with van der Waals surface area (Å²) in [6.07, 6.45) is -0.371. The van der Waals surface area contributed by atoms with Gasteiger partial charge in [0.05, 0.1) is 18.9 Å². The Hall–Kier alpha value is -3.26. The molecule has 0 fully saturated rings. The molecule has 3 atom stereocenters. The molecule has 14 nitrogen and oxygen atoms in total. The quantitative estimate of drug-likeness (QED) is 0.118. The lowest BCUT2D eigenvalue weighted by molar-refractivity contribution is -0.143. The molecule has 0 radical (unpaired) electrons. The van der Waals surface area contributed by atoms with Crippen LogP contribution in [0.15, 0.2) is 0 Å². The first-order valence-electron chi connectivity index (χ1n) is 8.97. The van der Waals surface area contributed by atoms with Crippen molar-refractivity contribution in [3.63, 3.8) is 0 Å². The van der Waals surface area contributed by atoms with E-state index >= 15 is 0 Å². The predicted octanol–water partition coefficient (Wildman–Crippen LogP) is -3.44. The van der Waals surface area contributed by atoms with Gasteiger partial charge in [0.25, 0.3) is 0 Å². The molecule has 30 heavy (non-hydrogen) atoms. The average Bonchev–Trinajstić information content (AvgIpc) is 2.64. The SMILES string of the molecule is NCCCC[C@H](N)C(=O)N[C@@H](CC(=O)O)C(=O)N[C@@H](CC(=O)O)C(=O)NCC(=O)O. The summed E-state index contributed by atoms with van der Waals surface area (Å²) in [4.78, 5) is 69.0. The van der Waals surface area contributed by atoms with Gasteiger partial charge in [-0.25, -0.2) is 0 Å². The van der Waals surface area contributed by atoms with Crippen molar-refractivity contribution in [2.45, 2.75) is 50.2 Å². The number of nitrogens with two attached hydrogens (primary N) is 2. The van der Waals surface area contributed by atoms with Gasteiger partial charge in [-0.05, 0) is 19.4 Å². The van der Waals surface area contributed by atoms with E-state index in [-0.39, 0.29) is 6.42 Å². The fourth-order valence-electron chi connectivity index (χ4n) is 2.24. The smallest absolute Gasteiger partial charge is 0.322 e. The van der Waals surface area contributed by atoms with Gasteiger partial charge in [0.2, 0.25) is 17.7 Å². The number of carboxylic acids is 3. The van der Waals surface area contributed by atoms with Crippen molar-refractivity contribution in [3.8, 4) is 0 Å². The van der Waals surface area contributed by atoms with Crippen LogP contribution in [0.2, 0.25) is 0 Å². The third kappa shape index (κ3) is 11.6. The fraction of sp³-hybridized carbons (Fsp3) is 0.625.